The van der Waals surface area contributed by atoms with Crippen LogP contribution in [0.4, 0.5) is 17.2 Å². The minimum absolute atomic E-state index is 0.473. The topological polar surface area (TPSA) is 33.7 Å². The molecule has 2 heterocycles. The standard InChI is InChI=1S/C30H25N3O/c1-21(2)22-17-19-23(20-18-22)28-29(33-26-15-9-10-16-27(26)34-30(33)31-28)32(24-11-5-3-6-12-24)25-13-7-4-8-14-25/h3-21H,1-2H3. The Morgan fingerprint density at radius 1 is 0.706 bits per heavy atom. The average Bonchev–Trinajstić information content (AvgIpc) is 3.42. The molecule has 6 aromatic rings. The summed E-state index contributed by atoms with van der Waals surface area (Å²) in [5, 5.41) is 0. The molecular formula is C30H25N3O. The highest BCUT2D eigenvalue weighted by atomic mass is 16.4. The fraction of sp³-hybridized carbons (Fsp3) is 0.100. The maximum Gasteiger partial charge on any atom is 0.309 e. The van der Waals surface area contributed by atoms with Gasteiger partial charge in [-0.3, -0.25) is 4.90 Å². The van der Waals surface area contributed by atoms with Gasteiger partial charge in [-0.15, -0.1) is 0 Å². The van der Waals surface area contributed by atoms with Crippen molar-refractivity contribution < 1.29 is 4.42 Å². The molecule has 0 saturated carbocycles. The molecule has 6 rings (SSSR count). The van der Waals surface area contributed by atoms with Crippen LogP contribution in [0.15, 0.2) is 114 Å². The van der Waals surface area contributed by atoms with Crippen LogP contribution in [-0.2, 0) is 0 Å². The lowest BCUT2D eigenvalue weighted by Crippen LogP contribution is -2.13. The Morgan fingerprint density at radius 2 is 1.29 bits per heavy atom. The van der Waals surface area contributed by atoms with Crippen molar-refractivity contribution in [3.05, 3.63) is 115 Å². The van der Waals surface area contributed by atoms with E-state index in [1.54, 1.807) is 0 Å². The minimum atomic E-state index is 0.473. The van der Waals surface area contributed by atoms with Crippen LogP contribution in [0, 0.1) is 0 Å². The van der Waals surface area contributed by atoms with Crippen LogP contribution < -0.4 is 4.90 Å². The summed E-state index contributed by atoms with van der Waals surface area (Å²) in [6.45, 7) is 4.42. The smallest absolute Gasteiger partial charge is 0.309 e. The number of aromatic nitrogens is 2. The summed E-state index contributed by atoms with van der Waals surface area (Å²) >= 11 is 0. The van der Waals surface area contributed by atoms with Gasteiger partial charge in [-0.2, -0.15) is 4.98 Å². The van der Waals surface area contributed by atoms with Crippen LogP contribution in [-0.4, -0.2) is 9.38 Å². The maximum atomic E-state index is 6.20. The fourth-order valence-corrected chi connectivity index (χ4v) is 4.48. The van der Waals surface area contributed by atoms with Crippen molar-refractivity contribution >= 4 is 34.1 Å². The summed E-state index contributed by atoms with van der Waals surface area (Å²) in [4.78, 5) is 7.28. The minimum Gasteiger partial charge on any atom is -0.423 e. The third-order valence-corrected chi connectivity index (χ3v) is 6.22. The SMILES string of the molecule is CC(C)c1ccc(-c2nc3oc4ccccc4n3c2N(c2ccccc2)c2ccccc2)cc1. The Balaban J connectivity index is 1.69. The molecule has 0 unspecified atom stereocenters. The Hall–Kier alpha value is -4.31. The number of rotatable bonds is 5. The monoisotopic (exact) mass is 443 g/mol. The number of oxazole rings is 1. The van der Waals surface area contributed by atoms with Gasteiger partial charge in [0.05, 0.1) is 5.52 Å². The van der Waals surface area contributed by atoms with Gasteiger partial charge in [0.25, 0.3) is 0 Å². The van der Waals surface area contributed by atoms with E-state index < -0.39 is 0 Å². The van der Waals surface area contributed by atoms with E-state index in [4.69, 9.17) is 9.40 Å². The van der Waals surface area contributed by atoms with Gasteiger partial charge in [-0.1, -0.05) is 86.6 Å². The number of hydrogen-bond donors (Lipinski definition) is 0. The van der Waals surface area contributed by atoms with E-state index in [0.29, 0.717) is 11.8 Å². The Morgan fingerprint density at radius 3 is 1.91 bits per heavy atom. The number of imidazole rings is 1. The first-order valence-corrected chi connectivity index (χ1v) is 11.6. The molecule has 0 bridgehead atoms. The van der Waals surface area contributed by atoms with Crippen LogP contribution in [0.1, 0.15) is 25.3 Å². The van der Waals surface area contributed by atoms with Crippen molar-refractivity contribution in [2.75, 3.05) is 4.90 Å². The quantitative estimate of drug-likeness (QED) is 0.268. The van der Waals surface area contributed by atoms with Gasteiger partial charge in [0.2, 0.25) is 0 Å². The lowest BCUT2D eigenvalue weighted by Gasteiger charge is -2.25. The molecule has 0 aliphatic carbocycles. The summed E-state index contributed by atoms with van der Waals surface area (Å²) < 4.78 is 8.33. The third kappa shape index (κ3) is 3.35. The summed E-state index contributed by atoms with van der Waals surface area (Å²) in [6, 6.07) is 37.6. The molecule has 4 aromatic carbocycles. The first kappa shape index (κ1) is 20.3. The second-order valence-corrected chi connectivity index (χ2v) is 8.76. The second kappa shape index (κ2) is 8.23. The van der Waals surface area contributed by atoms with Crippen LogP contribution in [0.2, 0.25) is 0 Å². The van der Waals surface area contributed by atoms with E-state index >= 15 is 0 Å². The molecule has 0 spiro atoms. The number of anilines is 3. The number of para-hydroxylation sites is 4. The van der Waals surface area contributed by atoms with Crippen molar-refractivity contribution in [2.24, 2.45) is 0 Å². The molecule has 0 aliphatic heterocycles. The van der Waals surface area contributed by atoms with Gasteiger partial charge in [-0.05, 0) is 47.9 Å². The molecule has 4 heteroatoms. The molecule has 2 aromatic heterocycles. The highest BCUT2D eigenvalue weighted by Crippen LogP contribution is 2.43. The van der Waals surface area contributed by atoms with E-state index in [0.717, 1.165) is 39.5 Å². The largest absolute Gasteiger partial charge is 0.423 e. The highest BCUT2D eigenvalue weighted by Gasteiger charge is 2.26. The van der Waals surface area contributed by atoms with Gasteiger partial charge in [0, 0.05) is 16.9 Å². The zero-order chi connectivity index (χ0) is 23.1. The van der Waals surface area contributed by atoms with Gasteiger partial charge in [0.1, 0.15) is 5.69 Å². The van der Waals surface area contributed by atoms with Crippen molar-refractivity contribution in [3.63, 3.8) is 0 Å². The predicted octanol–water partition coefficient (Wildman–Crippen LogP) is 8.34. The molecule has 0 fully saturated rings. The Labute approximate surface area is 198 Å². The van der Waals surface area contributed by atoms with Gasteiger partial charge < -0.3 is 4.42 Å². The van der Waals surface area contributed by atoms with E-state index in [-0.39, 0.29) is 0 Å². The maximum absolute atomic E-state index is 6.20. The molecule has 34 heavy (non-hydrogen) atoms. The highest BCUT2D eigenvalue weighted by molar-refractivity contribution is 5.90. The van der Waals surface area contributed by atoms with Crippen LogP contribution in [0.25, 0.3) is 28.2 Å². The van der Waals surface area contributed by atoms with Crippen molar-refractivity contribution in [1.82, 2.24) is 9.38 Å². The molecule has 0 aliphatic rings. The van der Waals surface area contributed by atoms with Crippen LogP contribution in [0.5, 0.6) is 0 Å². The zero-order valence-electron chi connectivity index (χ0n) is 19.2. The molecule has 0 amide bonds. The second-order valence-electron chi connectivity index (χ2n) is 8.76. The van der Waals surface area contributed by atoms with E-state index in [2.05, 4.69) is 102 Å². The molecule has 0 saturated heterocycles. The van der Waals surface area contributed by atoms with Gasteiger partial charge >= 0.3 is 5.84 Å². The van der Waals surface area contributed by atoms with Crippen LogP contribution in [0.3, 0.4) is 0 Å². The summed E-state index contributed by atoms with van der Waals surface area (Å²) in [6.07, 6.45) is 0. The zero-order valence-corrected chi connectivity index (χ0v) is 19.2. The summed E-state index contributed by atoms with van der Waals surface area (Å²) in [5.41, 5.74) is 7.16. The fourth-order valence-electron chi connectivity index (χ4n) is 4.48. The number of nitrogens with zero attached hydrogens (tertiary/aromatic N) is 3. The Kier molecular flexibility index (Phi) is 4.92. The number of fused-ring (bicyclic) bond motifs is 3. The van der Waals surface area contributed by atoms with Gasteiger partial charge in [-0.25, -0.2) is 4.40 Å². The van der Waals surface area contributed by atoms with Crippen molar-refractivity contribution in [1.29, 1.82) is 0 Å². The lowest BCUT2D eigenvalue weighted by molar-refractivity contribution is 0.642. The molecule has 4 nitrogen and oxygen atoms in total. The number of hydrogen-bond acceptors (Lipinski definition) is 3. The number of benzene rings is 4. The Bertz CT molecular complexity index is 1520. The predicted molar refractivity (Wildman–Crippen MR) is 139 cm³/mol. The van der Waals surface area contributed by atoms with E-state index in [1.807, 2.05) is 30.3 Å². The molecule has 0 N–H and O–H groups in total. The molecular weight excluding hydrogens is 418 g/mol. The average molecular weight is 444 g/mol. The van der Waals surface area contributed by atoms with Gasteiger partial charge in [0.15, 0.2) is 11.4 Å². The van der Waals surface area contributed by atoms with E-state index in [1.165, 1.54) is 5.56 Å². The first-order valence-electron chi connectivity index (χ1n) is 11.6. The summed E-state index contributed by atoms with van der Waals surface area (Å²) in [7, 11) is 0. The van der Waals surface area contributed by atoms with Crippen LogP contribution >= 0.6 is 0 Å². The first-order chi connectivity index (χ1) is 16.7. The summed E-state index contributed by atoms with van der Waals surface area (Å²) in [5.74, 6) is 2.01. The normalized spacial score (nSPS) is 11.5. The van der Waals surface area contributed by atoms with E-state index in [9.17, 15) is 0 Å². The third-order valence-electron chi connectivity index (χ3n) is 6.22. The molecule has 166 valence electrons. The molecule has 0 radical (unpaired) electrons. The molecule has 0 atom stereocenters. The van der Waals surface area contributed by atoms with Crippen molar-refractivity contribution in [2.45, 2.75) is 19.8 Å². The lowest BCUT2D eigenvalue weighted by atomic mass is 10.0. The van der Waals surface area contributed by atoms with Crippen molar-refractivity contribution in [3.8, 4) is 11.3 Å².